The first-order chi connectivity index (χ1) is 9.35. The molecular weight excluding hydrogens is 276 g/mol. The zero-order valence-corrected chi connectivity index (χ0v) is 11.4. The summed E-state index contributed by atoms with van der Waals surface area (Å²) in [6, 6.07) is 15.5. The van der Waals surface area contributed by atoms with Crippen LogP contribution in [-0.4, -0.2) is 11.1 Å². The molecule has 3 rings (SSSR count). The molecule has 0 fully saturated rings. The summed E-state index contributed by atoms with van der Waals surface area (Å²) in [5.41, 5.74) is 1.64. The monoisotopic (exact) mass is 284 g/mol. The van der Waals surface area contributed by atoms with E-state index >= 15 is 0 Å². The Bertz CT molecular complexity index is 725. The first-order valence-electron chi connectivity index (χ1n) is 5.56. The van der Waals surface area contributed by atoms with Gasteiger partial charge in [-0.25, -0.2) is 9.78 Å². The summed E-state index contributed by atoms with van der Waals surface area (Å²) in [5, 5.41) is 0. The molecule has 0 saturated heterocycles. The van der Waals surface area contributed by atoms with Crippen LogP contribution in [0.5, 0.6) is 0 Å². The molecule has 1 heterocycles. The maximum atomic E-state index is 10.1. The lowest BCUT2D eigenvalue weighted by Gasteiger charge is -1.97. The van der Waals surface area contributed by atoms with Gasteiger partial charge in [-0.05, 0) is 36.4 Å². The molecule has 2 aromatic carbocycles. The van der Waals surface area contributed by atoms with Crippen LogP contribution in [0.2, 0.25) is 0 Å². The molecule has 0 spiro atoms. The van der Waals surface area contributed by atoms with Crippen LogP contribution in [0.4, 0.5) is 5.69 Å². The second-order valence-corrected chi connectivity index (χ2v) is 6.10. The highest BCUT2D eigenvalue weighted by atomic mass is 32.2. The van der Waals surface area contributed by atoms with Gasteiger partial charge in [0.05, 0.1) is 15.9 Å². The van der Waals surface area contributed by atoms with Crippen molar-refractivity contribution in [1.29, 1.82) is 0 Å². The zero-order chi connectivity index (χ0) is 13.1. The lowest BCUT2D eigenvalue weighted by Crippen LogP contribution is -1.72. The molecule has 19 heavy (non-hydrogen) atoms. The Kier molecular flexibility index (Phi) is 3.42. The number of benzene rings is 2. The van der Waals surface area contributed by atoms with E-state index in [9.17, 15) is 4.79 Å². The van der Waals surface area contributed by atoms with Crippen LogP contribution in [0.3, 0.4) is 0 Å². The highest BCUT2D eigenvalue weighted by molar-refractivity contribution is 8.01. The van der Waals surface area contributed by atoms with Gasteiger partial charge in [-0.15, -0.1) is 11.3 Å². The number of nitrogens with zero attached hydrogens (tertiary/aromatic N) is 2. The summed E-state index contributed by atoms with van der Waals surface area (Å²) in [6.45, 7) is 0. The molecule has 0 aliphatic heterocycles. The number of rotatable bonds is 3. The largest absolute Gasteiger partial charge is 0.240 e. The van der Waals surface area contributed by atoms with Crippen molar-refractivity contribution >= 4 is 45.1 Å². The van der Waals surface area contributed by atoms with Gasteiger partial charge < -0.3 is 0 Å². The molecule has 0 aliphatic carbocycles. The molecule has 0 aliphatic rings. The highest BCUT2D eigenvalue weighted by Gasteiger charge is 2.04. The first kappa shape index (κ1) is 12.1. The summed E-state index contributed by atoms with van der Waals surface area (Å²) < 4.78 is 2.19. The number of isocyanates is 1. The lowest BCUT2D eigenvalue weighted by molar-refractivity contribution is 0.565. The van der Waals surface area contributed by atoms with Crippen molar-refractivity contribution in [3.05, 3.63) is 48.5 Å². The molecule has 0 bridgehead atoms. The maximum Gasteiger partial charge on any atom is 0.240 e. The Hall–Kier alpha value is -1.94. The van der Waals surface area contributed by atoms with Crippen LogP contribution in [-0.2, 0) is 4.79 Å². The van der Waals surface area contributed by atoms with Crippen molar-refractivity contribution in [2.45, 2.75) is 9.24 Å². The zero-order valence-electron chi connectivity index (χ0n) is 9.74. The summed E-state index contributed by atoms with van der Waals surface area (Å²) >= 11 is 3.28. The van der Waals surface area contributed by atoms with E-state index in [1.165, 1.54) is 10.8 Å². The van der Waals surface area contributed by atoms with Gasteiger partial charge in [0.25, 0.3) is 0 Å². The van der Waals surface area contributed by atoms with Gasteiger partial charge in [-0.3, -0.25) is 0 Å². The van der Waals surface area contributed by atoms with Crippen molar-refractivity contribution in [1.82, 2.24) is 4.98 Å². The Morgan fingerprint density at radius 2 is 1.89 bits per heavy atom. The summed E-state index contributed by atoms with van der Waals surface area (Å²) in [5.74, 6) is 0. The van der Waals surface area contributed by atoms with Crippen molar-refractivity contribution in [2.75, 3.05) is 0 Å². The minimum atomic E-state index is 0.614. The van der Waals surface area contributed by atoms with Gasteiger partial charge in [-0.2, -0.15) is 4.99 Å². The van der Waals surface area contributed by atoms with E-state index in [0.717, 1.165) is 14.8 Å². The number of aliphatic imine (C=N–C) groups is 1. The number of hydrogen-bond acceptors (Lipinski definition) is 5. The Morgan fingerprint density at radius 1 is 1.11 bits per heavy atom. The molecular formula is C14H8N2OS2. The molecule has 0 radical (unpaired) electrons. The quantitative estimate of drug-likeness (QED) is 0.528. The van der Waals surface area contributed by atoms with Crippen LogP contribution in [0.15, 0.2) is 62.8 Å². The van der Waals surface area contributed by atoms with Gasteiger partial charge in [0.15, 0.2) is 4.34 Å². The number of fused-ring (bicyclic) bond motifs is 1. The number of thiazole rings is 1. The summed E-state index contributed by atoms with van der Waals surface area (Å²) in [7, 11) is 0. The second kappa shape index (κ2) is 5.36. The fraction of sp³-hybridized carbons (Fsp3) is 0. The molecule has 3 nitrogen and oxygen atoms in total. The lowest BCUT2D eigenvalue weighted by atomic mass is 10.3. The van der Waals surface area contributed by atoms with Crippen LogP contribution in [0.25, 0.3) is 10.2 Å². The van der Waals surface area contributed by atoms with E-state index in [0.29, 0.717) is 5.69 Å². The minimum Gasteiger partial charge on any atom is -0.229 e. The van der Waals surface area contributed by atoms with Gasteiger partial charge in [0.2, 0.25) is 6.08 Å². The molecule has 92 valence electrons. The maximum absolute atomic E-state index is 10.1. The SMILES string of the molecule is O=C=Nc1ccc(Sc2nc3ccccc3s2)cc1. The topological polar surface area (TPSA) is 42.3 Å². The van der Waals surface area contributed by atoms with Crippen LogP contribution in [0, 0.1) is 0 Å². The number of carbonyl (C=O) groups excluding carboxylic acids is 1. The van der Waals surface area contributed by atoms with Crippen molar-refractivity contribution < 1.29 is 4.79 Å². The first-order valence-corrected chi connectivity index (χ1v) is 7.20. The predicted octanol–water partition coefficient (Wildman–Crippen LogP) is 4.41. The standard InChI is InChI=1S/C14H8N2OS2/c17-9-15-10-5-7-11(8-6-10)18-14-16-12-3-1-2-4-13(12)19-14/h1-8H. The Balaban J connectivity index is 1.85. The predicted molar refractivity (Wildman–Crippen MR) is 78.0 cm³/mol. The van der Waals surface area contributed by atoms with E-state index in [1.54, 1.807) is 35.2 Å². The summed E-state index contributed by atoms with van der Waals surface area (Å²) in [4.78, 5) is 19.3. The van der Waals surface area contributed by atoms with Crippen LogP contribution < -0.4 is 0 Å². The molecule has 5 heteroatoms. The third kappa shape index (κ3) is 2.74. The highest BCUT2D eigenvalue weighted by Crippen LogP contribution is 2.34. The van der Waals surface area contributed by atoms with Gasteiger partial charge in [-0.1, -0.05) is 23.9 Å². The minimum absolute atomic E-state index is 0.614. The molecule has 0 N–H and O–H groups in total. The van der Waals surface area contributed by atoms with Crippen molar-refractivity contribution in [2.24, 2.45) is 4.99 Å². The molecule has 0 atom stereocenters. The third-order valence-electron chi connectivity index (χ3n) is 2.49. The fourth-order valence-electron chi connectivity index (χ4n) is 1.64. The number of para-hydroxylation sites is 1. The average Bonchev–Trinajstić information content (AvgIpc) is 2.83. The van der Waals surface area contributed by atoms with Crippen LogP contribution >= 0.6 is 23.1 Å². The number of aromatic nitrogens is 1. The van der Waals surface area contributed by atoms with E-state index in [1.807, 2.05) is 30.3 Å². The molecule has 3 aromatic rings. The summed E-state index contributed by atoms with van der Waals surface area (Å²) in [6.07, 6.45) is 1.53. The molecule has 0 amide bonds. The van der Waals surface area contributed by atoms with E-state index in [2.05, 4.69) is 16.0 Å². The molecule has 0 saturated carbocycles. The fourth-order valence-corrected chi connectivity index (χ4v) is 3.68. The Labute approximate surface area is 118 Å². The normalized spacial score (nSPS) is 10.3. The van der Waals surface area contributed by atoms with Gasteiger partial charge >= 0.3 is 0 Å². The smallest absolute Gasteiger partial charge is 0.229 e. The Morgan fingerprint density at radius 3 is 2.63 bits per heavy atom. The second-order valence-electron chi connectivity index (χ2n) is 3.75. The van der Waals surface area contributed by atoms with Crippen molar-refractivity contribution in [3.8, 4) is 0 Å². The van der Waals surface area contributed by atoms with E-state index in [-0.39, 0.29) is 0 Å². The third-order valence-corrected chi connectivity index (χ3v) is 4.60. The van der Waals surface area contributed by atoms with E-state index in [4.69, 9.17) is 0 Å². The van der Waals surface area contributed by atoms with Crippen molar-refractivity contribution in [3.63, 3.8) is 0 Å². The average molecular weight is 284 g/mol. The van der Waals surface area contributed by atoms with Crippen LogP contribution in [0.1, 0.15) is 0 Å². The van der Waals surface area contributed by atoms with E-state index < -0.39 is 0 Å². The van der Waals surface area contributed by atoms with Gasteiger partial charge in [0.1, 0.15) is 0 Å². The molecule has 1 aromatic heterocycles. The number of hydrogen-bond donors (Lipinski definition) is 0. The van der Waals surface area contributed by atoms with Gasteiger partial charge in [0, 0.05) is 4.90 Å². The molecule has 0 unspecified atom stereocenters.